The average Bonchev–Trinajstić information content (AvgIpc) is 2.55. The molecule has 3 rings (SSSR count). The van der Waals surface area contributed by atoms with E-state index in [1.165, 1.54) is 0 Å². The number of carboxylic acids is 1. The third kappa shape index (κ3) is 2.09. The summed E-state index contributed by atoms with van der Waals surface area (Å²) in [4.78, 5) is 24.2. The fourth-order valence-corrected chi connectivity index (χ4v) is 3.08. The lowest BCUT2D eigenvalue weighted by atomic mass is 9.69. The summed E-state index contributed by atoms with van der Waals surface area (Å²) in [5, 5.41) is 19.0. The molecular weight excluding hydrogens is 280 g/mol. The van der Waals surface area contributed by atoms with Crippen molar-refractivity contribution < 1.29 is 19.8 Å². The summed E-state index contributed by atoms with van der Waals surface area (Å²) < 4.78 is 0. The monoisotopic (exact) mass is 294 g/mol. The molecule has 2 aromatic rings. The van der Waals surface area contributed by atoms with Crippen LogP contribution in [0.4, 0.5) is 0 Å². The number of hydrogen-bond acceptors (Lipinski definition) is 3. The lowest BCUT2D eigenvalue weighted by Gasteiger charge is -2.32. The predicted octanol–water partition coefficient (Wildman–Crippen LogP) is 3.16. The van der Waals surface area contributed by atoms with Gasteiger partial charge in [0, 0.05) is 17.1 Å². The zero-order chi connectivity index (χ0) is 15.7. The Hall–Kier alpha value is -2.88. The van der Waals surface area contributed by atoms with E-state index >= 15 is 0 Å². The van der Waals surface area contributed by atoms with Gasteiger partial charge in [0.1, 0.15) is 0 Å². The molecule has 0 saturated carbocycles. The first-order chi connectivity index (χ1) is 10.6. The van der Waals surface area contributed by atoms with Gasteiger partial charge >= 0.3 is 5.97 Å². The third-order valence-corrected chi connectivity index (χ3v) is 4.03. The van der Waals surface area contributed by atoms with Crippen molar-refractivity contribution in [2.45, 2.75) is 5.92 Å². The maximum Gasteiger partial charge on any atom is 0.312 e. The molecule has 0 saturated heterocycles. The van der Waals surface area contributed by atoms with E-state index in [1.807, 2.05) is 30.3 Å². The third-order valence-electron chi connectivity index (χ3n) is 4.03. The van der Waals surface area contributed by atoms with Gasteiger partial charge in [0.05, 0.1) is 12.2 Å². The average molecular weight is 294 g/mol. The summed E-state index contributed by atoms with van der Waals surface area (Å²) in [6.07, 6.45) is 0.632. The van der Waals surface area contributed by atoms with E-state index in [0.717, 1.165) is 5.56 Å². The van der Waals surface area contributed by atoms with Crippen LogP contribution in [0.15, 0.2) is 66.4 Å². The van der Waals surface area contributed by atoms with Gasteiger partial charge in [-0.2, -0.15) is 0 Å². The van der Waals surface area contributed by atoms with Gasteiger partial charge in [0.2, 0.25) is 0 Å². The Labute approximate surface area is 127 Å². The van der Waals surface area contributed by atoms with Crippen molar-refractivity contribution in [3.8, 4) is 0 Å². The molecule has 22 heavy (non-hydrogen) atoms. The van der Waals surface area contributed by atoms with Gasteiger partial charge < -0.3 is 10.2 Å². The molecule has 4 nitrogen and oxygen atoms in total. The molecule has 2 N–H and O–H groups in total. The summed E-state index contributed by atoms with van der Waals surface area (Å²) in [5.74, 6) is -3.17. The Morgan fingerprint density at radius 2 is 1.64 bits per heavy atom. The summed E-state index contributed by atoms with van der Waals surface area (Å²) in [5.41, 5.74) is 1.83. The first kappa shape index (κ1) is 14.1. The first-order valence-corrected chi connectivity index (χ1v) is 6.90. The number of carboxylic acid groups (broad SMARTS) is 1. The molecule has 2 atom stereocenters. The Kier molecular flexibility index (Phi) is 3.51. The molecule has 0 fully saturated rings. The molecule has 0 amide bonds. The van der Waals surface area contributed by atoms with Crippen molar-refractivity contribution in [3.05, 3.63) is 83.1 Å². The van der Waals surface area contributed by atoms with E-state index in [0.29, 0.717) is 17.4 Å². The smallest absolute Gasteiger partial charge is 0.312 e. The summed E-state index contributed by atoms with van der Waals surface area (Å²) >= 11 is 0. The van der Waals surface area contributed by atoms with Crippen LogP contribution in [0, 0.1) is 5.92 Å². The number of aliphatic hydroxyl groups is 1. The number of aliphatic carboxylic acids is 1. The highest BCUT2D eigenvalue weighted by Crippen LogP contribution is 2.43. The number of Topliss-reactive ketones (excluding diaryl/α,β-unsaturated/α-hetero) is 1. The number of rotatable bonds is 2. The fraction of sp³-hybridized carbons (Fsp3) is 0.111. The van der Waals surface area contributed by atoms with Crippen LogP contribution >= 0.6 is 0 Å². The van der Waals surface area contributed by atoms with E-state index < -0.39 is 23.6 Å². The van der Waals surface area contributed by atoms with Crippen LogP contribution in [-0.4, -0.2) is 22.0 Å². The highest BCUT2D eigenvalue weighted by atomic mass is 16.4. The van der Waals surface area contributed by atoms with Crippen LogP contribution in [0.2, 0.25) is 0 Å². The maximum absolute atomic E-state index is 12.4. The van der Waals surface area contributed by atoms with E-state index in [1.54, 1.807) is 24.3 Å². The van der Waals surface area contributed by atoms with E-state index in [2.05, 4.69) is 0 Å². The molecule has 0 bridgehead atoms. The van der Waals surface area contributed by atoms with Gasteiger partial charge in [-0.15, -0.1) is 0 Å². The van der Waals surface area contributed by atoms with Gasteiger partial charge in [-0.3, -0.25) is 9.59 Å². The Bertz CT molecular complexity index is 762. The van der Waals surface area contributed by atoms with Gasteiger partial charge in [-0.25, -0.2) is 0 Å². The topological polar surface area (TPSA) is 74.6 Å². The molecule has 0 spiro atoms. The maximum atomic E-state index is 12.4. The molecule has 2 unspecified atom stereocenters. The largest absolute Gasteiger partial charge is 0.515 e. The summed E-state index contributed by atoms with van der Waals surface area (Å²) in [6, 6.07) is 16.1. The van der Waals surface area contributed by atoms with Crippen molar-refractivity contribution >= 4 is 11.8 Å². The summed E-state index contributed by atoms with van der Waals surface area (Å²) in [7, 11) is 0. The first-order valence-electron chi connectivity index (χ1n) is 6.90. The zero-order valence-corrected chi connectivity index (χ0v) is 11.6. The lowest BCUT2D eigenvalue weighted by Crippen LogP contribution is -2.34. The number of fused-ring (bicyclic) bond motifs is 1. The second-order valence-corrected chi connectivity index (χ2v) is 5.21. The number of ketones is 1. The highest BCUT2D eigenvalue weighted by Gasteiger charge is 2.43. The fourth-order valence-electron chi connectivity index (χ4n) is 3.08. The Balaban J connectivity index is 2.29. The van der Waals surface area contributed by atoms with Crippen LogP contribution in [0.5, 0.6) is 0 Å². The van der Waals surface area contributed by atoms with Crippen LogP contribution in [-0.2, 0) is 4.79 Å². The van der Waals surface area contributed by atoms with E-state index in [4.69, 9.17) is 0 Å². The quantitative estimate of drug-likeness (QED) is 0.659. The zero-order valence-electron chi connectivity index (χ0n) is 11.6. The summed E-state index contributed by atoms with van der Waals surface area (Å²) in [6.45, 7) is 0. The highest BCUT2D eigenvalue weighted by molar-refractivity contribution is 6.14. The Morgan fingerprint density at radius 3 is 2.27 bits per heavy atom. The second-order valence-electron chi connectivity index (χ2n) is 5.21. The van der Waals surface area contributed by atoms with Crippen LogP contribution < -0.4 is 0 Å². The minimum absolute atomic E-state index is 0.0833. The molecule has 1 aliphatic rings. The number of aliphatic hydroxyl groups excluding tert-OH is 1. The molecule has 110 valence electrons. The lowest BCUT2D eigenvalue weighted by molar-refractivity contribution is -0.140. The van der Waals surface area contributed by atoms with Gasteiger partial charge in [0.15, 0.2) is 5.78 Å². The van der Waals surface area contributed by atoms with Crippen LogP contribution in [0.1, 0.15) is 27.4 Å². The molecule has 1 aliphatic carbocycles. The molecule has 0 heterocycles. The second kappa shape index (κ2) is 5.48. The van der Waals surface area contributed by atoms with Crippen molar-refractivity contribution in [1.82, 2.24) is 0 Å². The molecule has 2 aromatic carbocycles. The Morgan fingerprint density at radius 1 is 1.00 bits per heavy atom. The standard InChI is InChI=1S/C18H14O4/c19-10-14-16(18(21)22)15(11-6-2-1-3-7-11)12-8-4-5-9-13(12)17(14)20/h1-10,15-16,19H,(H,21,22)/b14-10+. The van der Waals surface area contributed by atoms with Crippen molar-refractivity contribution in [3.63, 3.8) is 0 Å². The normalized spacial score (nSPS) is 22.4. The van der Waals surface area contributed by atoms with Crippen molar-refractivity contribution in [2.24, 2.45) is 5.92 Å². The van der Waals surface area contributed by atoms with Crippen LogP contribution in [0.3, 0.4) is 0 Å². The molecular formula is C18H14O4. The minimum Gasteiger partial charge on any atom is -0.515 e. The van der Waals surface area contributed by atoms with E-state index in [9.17, 15) is 19.8 Å². The number of benzene rings is 2. The molecule has 4 heteroatoms. The van der Waals surface area contributed by atoms with E-state index in [-0.39, 0.29) is 5.57 Å². The molecule has 0 radical (unpaired) electrons. The van der Waals surface area contributed by atoms with Gasteiger partial charge in [-0.1, -0.05) is 54.6 Å². The van der Waals surface area contributed by atoms with Gasteiger partial charge in [-0.05, 0) is 11.1 Å². The minimum atomic E-state index is -1.13. The number of carbonyl (C=O) groups is 2. The molecule has 0 aliphatic heterocycles. The number of hydrogen-bond donors (Lipinski definition) is 2. The van der Waals surface area contributed by atoms with Crippen LogP contribution in [0.25, 0.3) is 0 Å². The molecule has 0 aromatic heterocycles. The number of carbonyl (C=O) groups excluding carboxylic acids is 1. The van der Waals surface area contributed by atoms with Gasteiger partial charge in [0.25, 0.3) is 0 Å². The SMILES string of the molecule is O=C1/C(=C/O)C(C(=O)O)C(c2ccccc2)c2ccccc21. The van der Waals surface area contributed by atoms with Crippen molar-refractivity contribution in [1.29, 1.82) is 0 Å². The van der Waals surface area contributed by atoms with Crippen molar-refractivity contribution in [2.75, 3.05) is 0 Å². The predicted molar refractivity (Wildman–Crippen MR) is 80.9 cm³/mol.